The molecular weight excluding hydrogens is 362 g/mol. The molecule has 29 heavy (non-hydrogen) atoms. The fraction of sp³-hybridized carbons (Fsp3) is 0.480. The maximum Gasteiger partial charge on any atom is 0.136 e. The number of hydrogen-bond donors (Lipinski definition) is 0. The zero-order chi connectivity index (χ0) is 19.6. The molecule has 3 aliphatic rings. The number of piperidine rings is 1. The molecule has 152 valence electrons. The minimum Gasteiger partial charge on any atom is -0.493 e. The van der Waals surface area contributed by atoms with Crippen molar-refractivity contribution in [1.29, 1.82) is 0 Å². The minimum atomic E-state index is 0.179. The predicted octanol–water partition coefficient (Wildman–Crippen LogP) is 3.80. The molecular formula is C25H29NO3. The van der Waals surface area contributed by atoms with Gasteiger partial charge < -0.3 is 9.47 Å². The Labute approximate surface area is 172 Å². The van der Waals surface area contributed by atoms with Crippen molar-refractivity contribution in [2.75, 3.05) is 19.8 Å². The van der Waals surface area contributed by atoms with Crippen molar-refractivity contribution in [2.45, 2.75) is 50.7 Å². The number of fused-ring (bicyclic) bond motifs is 3. The van der Waals surface area contributed by atoms with E-state index in [0.29, 0.717) is 24.3 Å². The molecule has 3 aliphatic heterocycles. The number of aryl methyl sites for hydroxylation is 1. The van der Waals surface area contributed by atoms with Crippen LogP contribution in [-0.2, 0) is 28.9 Å². The molecule has 2 fully saturated rings. The van der Waals surface area contributed by atoms with Gasteiger partial charge in [-0.05, 0) is 42.0 Å². The lowest BCUT2D eigenvalue weighted by Crippen LogP contribution is -2.57. The predicted molar refractivity (Wildman–Crippen MR) is 112 cm³/mol. The van der Waals surface area contributed by atoms with Crippen LogP contribution in [-0.4, -0.2) is 42.6 Å². The number of hydrogen-bond acceptors (Lipinski definition) is 4. The molecule has 3 heterocycles. The van der Waals surface area contributed by atoms with Crippen LogP contribution in [0.4, 0.5) is 0 Å². The lowest BCUT2D eigenvalue weighted by atomic mass is 9.81. The van der Waals surface area contributed by atoms with E-state index >= 15 is 0 Å². The molecule has 0 saturated carbocycles. The Bertz CT molecular complexity index is 852. The molecule has 0 amide bonds. The van der Waals surface area contributed by atoms with Crippen molar-refractivity contribution in [3.8, 4) is 5.75 Å². The first-order valence-corrected chi connectivity index (χ1v) is 10.9. The Morgan fingerprint density at radius 3 is 2.59 bits per heavy atom. The van der Waals surface area contributed by atoms with Gasteiger partial charge in [-0.1, -0.05) is 42.5 Å². The molecule has 0 spiro atoms. The number of nitrogens with zero attached hydrogens (tertiary/aromatic N) is 1. The first-order chi connectivity index (χ1) is 14.3. The van der Waals surface area contributed by atoms with Gasteiger partial charge in [0.15, 0.2) is 0 Å². The Hall–Kier alpha value is -2.17. The summed E-state index contributed by atoms with van der Waals surface area (Å²) in [6.45, 7) is 3.23. The van der Waals surface area contributed by atoms with Gasteiger partial charge in [0.25, 0.3) is 0 Å². The Morgan fingerprint density at radius 1 is 1.00 bits per heavy atom. The van der Waals surface area contributed by atoms with Gasteiger partial charge in [0, 0.05) is 37.4 Å². The highest BCUT2D eigenvalue weighted by Crippen LogP contribution is 2.34. The molecule has 5 rings (SSSR count). The molecule has 2 unspecified atom stereocenters. The average molecular weight is 392 g/mol. The topological polar surface area (TPSA) is 38.8 Å². The normalized spacial score (nSPS) is 26.0. The third-order valence-electron chi connectivity index (χ3n) is 6.75. The van der Waals surface area contributed by atoms with Crippen molar-refractivity contribution >= 4 is 5.78 Å². The van der Waals surface area contributed by atoms with E-state index in [1.165, 1.54) is 16.7 Å². The van der Waals surface area contributed by atoms with Crippen molar-refractivity contribution in [3.63, 3.8) is 0 Å². The van der Waals surface area contributed by atoms with Gasteiger partial charge in [-0.3, -0.25) is 9.69 Å². The Balaban J connectivity index is 1.20. The second kappa shape index (κ2) is 8.29. The van der Waals surface area contributed by atoms with E-state index in [-0.39, 0.29) is 5.92 Å². The second-order valence-corrected chi connectivity index (χ2v) is 8.68. The SMILES string of the molecule is O=C(CCc1ccc2c(c1)CCO2)C1CC2COCC(C1)N2Cc1ccccc1. The molecule has 2 atom stereocenters. The van der Waals surface area contributed by atoms with Crippen LogP contribution < -0.4 is 4.74 Å². The zero-order valence-corrected chi connectivity index (χ0v) is 16.9. The molecule has 4 heteroatoms. The van der Waals surface area contributed by atoms with Crippen molar-refractivity contribution in [2.24, 2.45) is 5.92 Å². The number of morpholine rings is 1. The largest absolute Gasteiger partial charge is 0.493 e. The fourth-order valence-corrected chi connectivity index (χ4v) is 5.17. The van der Waals surface area contributed by atoms with E-state index in [1.807, 2.05) is 0 Å². The minimum absolute atomic E-state index is 0.179. The lowest BCUT2D eigenvalue weighted by molar-refractivity contribution is -0.133. The summed E-state index contributed by atoms with van der Waals surface area (Å²) in [4.78, 5) is 15.6. The summed E-state index contributed by atoms with van der Waals surface area (Å²) in [6.07, 6.45) is 4.33. The lowest BCUT2D eigenvalue weighted by Gasteiger charge is -2.48. The quantitative estimate of drug-likeness (QED) is 0.751. The van der Waals surface area contributed by atoms with Crippen LogP contribution >= 0.6 is 0 Å². The highest BCUT2D eigenvalue weighted by Gasteiger charge is 2.40. The first kappa shape index (κ1) is 18.8. The summed E-state index contributed by atoms with van der Waals surface area (Å²) in [6, 6.07) is 17.8. The molecule has 0 aromatic heterocycles. The molecule has 2 bridgehead atoms. The van der Waals surface area contributed by atoms with E-state index in [0.717, 1.165) is 57.8 Å². The maximum atomic E-state index is 13.0. The van der Waals surface area contributed by atoms with Gasteiger partial charge in [-0.2, -0.15) is 0 Å². The van der Waals surface area contributed by atoms with Crippen LogP contribution in [0.1, 0.15) is 36.0 Å². The maximum absolute atomic E-state index is 13.0. The van der Waals surface area contributed by atoms with Gasteiger partial charge in [-0.25, -0.2) is 0 Å². The molecule has 4 nitrogen and oxygen atoms in total. The van der Waals surface area contributed by atoms with Crippen LogP contribution in [0.3, 0.4) is 0 Å². The number of benzene rings is 2. The van der Waals surface area contributed by atoms with E-state index in [2.05, 4.69) is 53.4 Å². The molecule has 2 aromatic carbocycles. The van der Waals surface area contributed by atoms with Gasteiger partial charge >= 0.3 is 0 Å². The van der Waals surface area contributed by atoms with Crippen molar-refractivity contribution in [3.05, 3.63) is 65.2 Å². The van der Waals surface area contributed by atoms with E-state index in [1.54, 1.807) is 0 Å². The van der Waals surface area contributed by atoms with E-state index in [4.69, 9.17) is 9.47 Å². The Morgan fingerprint density at radius 2 is 1.79 bits per heavy atom. The van der Waals surface area contributed by atoms with Crippen LogP contribution in [0.5, 0.6) is 5.75 Å². The molecule has 2 aromatic rings. The number of ketones is 1. The zero-order valence-electron chi connectivity index (χ0n) is 16.9. The van der Waals surface area contributed by atoms with Crippen molar-refractivity contribution < 1.29 is 14.3 Å². The number of Topliss-reactive ketones (excluding diaryl/α,β-unsaturated/α-hetero) is 1. The summed E-state index contributed by atoms with van der Waals surface area (Å²) in [5, 5.41) is 0. The fourth-order valence-electron chi connectivity index (χ4n) is 5.17. The van der Waals surface area contributed by atoms with Crippen LogP contribution in [0, 0.1) is 5.92 Å². The van der Waals surface area contributed by atoms with Crippen LogP contribution in [0.15, 0.2) is 48.5 Å². The summed E-state index contributed by atoms with van der Waals surface area (Å²) < 4.78 is 11.4. The number of rotatable bonds is 6. The van der Waals surface area contributed by atoms with Crippen molar-refractivity contribution in [1.82, 2.24) is 4.90 Å². The smallest absolute Gasteiger partial charge is 0.136 e. The average Bonchev–Trinajstić information content (AvgIpc) is 3.20. The second-order valence-electron chi connectivity index (χ2n) is 8.68. The van der Waals surface area contributed by atoms with Gasteiger partial charge in [0.1, 0.15) is 11.5 Å². The molecule has 0 N–H and O–H groups in total. The van der Waals surface area contributed by atoms with Gasteiger partial charge in [0.2, 0.25) is 0 Å². The Kier molecular flexibility index (Phi) is 5.38. The molecule has 0 aliphatic carbocycles. The van der Waals surface area contributed by atoms with Gasteiger partial charge in [0.05, 0.1) is 19.8 Å². The summed E-state index contributed by atoms with van der Waals surface area (Å²) in [5.74, 6) is 1.62. The number of carbonyl (C=O) groups is 1. The van der Waals surface area contributed by atoms with Gasteiger partial charge in [-0.15, -0.1) is 0 Å². The summed E-state index contributed by atoms with van der Waals surface area (Å²) in [5.41, 5.74) is 3.89. The van der Waals surface area contributed by atoms with Crippen LogP contribution in [0.25, 0.3) is 0 Å². The summed E-state index contributed by atoms with van der Waals surface area (Å²) >= 11 is 0. The standard InChI is InChI=1S/C25H29NO3/c27-24(8-6-18-7-9-25-20(12-18)10-11-29-25)21-13-22-16-28-17-23(14-21)26(22)15-19-4-2-1-3-5-19/h1-5,7,9,12,21-23H,6,8,10-11,13-17H2. The first-order valence-electron chi connectivity index (χ1n) is 10.9. The third kappa shape index (κ3) is 4.10. The summed E-state index contributed by atoms with van der Waals surface area (Å²) in [7, 11) is 0. The number of ether oxygens (including phenoxy) is 2. The van der Waals surface area contributed by atoms with E-state index in [9.17, 15) is 4.79 Å². The highest BCUT2D eigenvalue weighted by atomic mass is 16.5. The number of carbonyl (C=O) groups excluding carboxylic acids is 1. The molecule has 0 radical (unpaired) electrons. The highest BCUT2D eigenvalue weighted by molar-refractivity contribution is 5.81. The monoisotopic (exact) mass is 391 g/mol. The van der Waals surface area contributed by atoms with E-state index < -0.39 is 0 Å². The van der Waals surface area contributed by atoms with Crippen LogP contribution in [0.2, 0.25) is 0 Å². The third-order valence-corrected chi connectivity index (χ3v) is 6.75. The molecule has 2 saturated heterocycles.